The Balaban J connectivity index is 1.54. The average molecular weight is 303 g/mol. The minimum atomic E-state index is -0.113. The van der Waals surface area contributed by atoms with E-state index in [1.54, 1.807) is 0 Å². The third-order valence-electron chi connectivity index (χ3n) is 4.47. The van der Waals surface area contributed by atoms with E-state index in [0.29, 0.717) is 12.2 Å². The predicted octanol–water partition coefficient (Wildman–Crippen LogP) is 2.37. The van der Waals surface area contributed by atoms with Gasteiger partial charge in [0, 0.05) is 26.2 Å². The summed E-state index contributed by atoms with van der Waals surface area (Å²) in [5.41, 5.74) is 1.61. The van der Waals surface area contributed by atoms with E-state index in [9.17, 15) is 4.79 Å². The van der Waals surface area contributed by atoms with Gasteiger partial charge in [0.25, 0.3) is 5.91 Å². The molecule has 0 saturated carbocycles. The molecule has 1 amide bonds. The summed E-state index contributed by atoms with van der Waals surface area (Å²) in [4.78, 5) is 18.8. The van der Waals surface area contributed by atoms with E-state index < -0.39 is 0 Å². The fourth-order valence-corrected chi connectivity index (χ4v) is 3.14. The van der Waals surface area contributed by atoms with Crippen LogP contribution in [0.1, 0.15) is 49.0 Å². The van der Waals surface area contributed by atoms with Gasteiger partial charge in [0.2, 0.25) is 0 Å². The van der Waals surface area contributed by atoms with Crippen LogP contribution in [0, 0.1) is 0 Å². The number of carbonyl (C=O) groups is 1. The summed E-state index contributed by atoms with van der Waals surface area (Å²) in [6.07, 6.45) is 9.21. The number of amides is 1. The summed E-state index contributed by atoms with van der Waals surface area (Å²) in [5.74, 6) is -0.113. The molecular formula is C17H25N3O2. The van der Waals surface area contributed by atoms with Crippen LogP contribution in [-0.4, -0.2) is 43.2 Å². The minimum absolute atomic E-state index is 0.113. The Morgan fingerprint density at radius 2 is 2.05 bits per heavy atom. The fourth-order valence-electron chi connectivity index (χ4n) is 3.14. The standard InChI is InChI=1S/C17H25N3O2/c21-17(19-13-15-6-5-11-22-15)16-8-7-14(12-18-16)20-9-3-1-2-4-10-20/h7-8,12,15H,1-6,9-11,13H2,(H,19,21). The Hall–Kier alpha value is -1.62. The molecule has 1 aromatic rings. The van der Waals surface area contributed by atoms with E-state index in [1.165, 1.54) is 25.7 Å². The largest absolute Gasteiger partial charge is 0.376 e. The summed E-state index contributed by atoms with van der Waals surface area (Å²) < 4.78 is 5.51. The van der Waals surface area contributed by atoms with Crippen molar-refractivity contribution in [2.24, 2.45) is 0 Å². The molecule has 0 aromatic carbocycles. The van der Waals surface area contributed by atoms with Crippen LogP contribution in [0.25, 0.3) is 0 Å². The molecule has 2 fully saturated rings. The highest BCUT2D eigenvalue weighted by molar-refractivity contribution is 5.92. The van der Waals surface area contributed by atoms with Crippen molar-refractivity contribution in [3.05, 3.63) is 24.0 Å². The Morgan fingerprint density at radius 1 is 1.23 bits per heavy atom. The van der Waals surface area contributed by atoms with E-state index in [0.717, 1.165) is 38.2 Å². The van der Waals surface area contributed by atoms with Crippen molar-refractivity contribution < 1.29 is 9.53 Å². The van der Waals surface area contributed by atoms with Gasteiger partial charge in [-0.05, 0) is 37.8 Å². The normalized spacial score (nSPS) is 22.4. The third kappa shape index (κ3) is 3.97. The molecule has 0 bridgehead atoms. The van der Waals surface area contributed by atoms with Gasteiger partial charge in [0.1, 0.15) is 5.69 Å². The molecule has 1 unspecified atom stereocenters. The lowest BCUT2D eigenvalue weighted by molar-refractivity contribution is 0.0854. The zero-order valence-electron chi connectivity index (χ0n) is 13.1. The second kappa shape index (κ2) is 7.58. The second-order valence-electron chi connectivity index (χ2n) is 6.15. The van der Waals surface area contributed by atoms with Gasteiger partial charge in [-0.3, -0.25) is 4.79 Å². The number of pyridine rings is 1. The summed E-state index contributed by atoms with van der Waals surface area (Å²) in [6.45, 7) is 3.57. The molecule has 5 nitrogen and oxygen atoms in total. The number of aromatic nitrogens is 1. The maximum atomic E-state index is 12.1. The molecule has 3 rings (SSSR count). The van der Waals surface area contributed by atoms with Crippen molar-refractivity contribution in [2.45, 2.75) is 44.6 Å². The first-order valence-corrected chi connectivity index (χ1v) is 8.44. The van der Waals surface area contributed by atoms with Gasteiger partial charge in [0.15, 0.2) is 0 Å². The average Bonchev–Trinajstić information content (AvgIpc) is 2.93. The number of nitrogens with one attached hydrogen (secondary N) is 1. The molecule has 3 heterocycles. The van der Waals surface area contributed by atoms with E-state index >= 15 is 0 Å². The molecule has 22 heavy (non-hydrogen) atoms. The lowest BCUT2D eigenvalue weighted by Gasteiger charge is -2.22. The predicted molar refractivity (Wildman–Crippen MR) is 86.2 cm³/mol. The summed E-state index contributed by atoms with van der Waals surface area (Å²) >= 11 is 0. The number of anilines is 1. The van der Waals surface area contributed by atoms with Crippen molar-refractivity contribution in [1.29, 1.82) is 0 Å². The summed E-state index contributed by atoms with van der Waals surface area (Å²) in [5, 5.41) is 2.91. The maximum absolute atomic E-state index is 12.1. The van der Waals surface area contributed by atoms with Crippen molar-refractivity contribution in [3.63, 3.8) is 0 Å². The van der Waals surface area contributed by atoms with Gasteiger partial charge in [-0.25, -0.2) is 4.98 Å². The van der Waals surface area contributed by atoms with Crippen molar-refractivity contribution in [2.75, 3.05) is 31.1 Å². The van der Waals surface area contributed by atoms with E-state index in [1.807, 2.05) is 18.3 Å². The van der Waals surface area contributed by atoms with Crippen LogP contribution in [0.3, 0.4) is 0 Å². The number of nitrogens with zero attached hydrogens (tertiary/aromatic N) is 2. The first kappa shape index (κ1) is 15.3. The first-order valence-electron chi connectivity index (χ1n) is 8.44. The minimum Gasteiger partial charge on any atom is -0.376 e. The van der Waals surface area contributed by atoms with Gasteiger partial charge in [-0.2, -0.15) is 0 Å². The van der Waals surface area contributed by atoms with E-state index in [-0.39, 0.29) is 12.0 Å². The third-order valence-corrected chi connectivity index (χ3v) is 4.47. The zero-order valence-corrected chi connectivity index (χ0v) is 13.1. The van der Waals surface area contributed by atoms with Crippen LogP contribution >= 0.6 is 0 Å². The molecule has 1 aromatic heterocycles. The molecule has 0 spiro atoms. The molecule has 1 atom stereocenters. The highest BCUT2D eigenvalue weighted by Gasteiger charge is 2.17. The highest BCUT2D eigenvalue weighted by atomic mass is 16.5. The quantitative estimate of drug-likeness (QED) is 0.928. The Morgan fingerprint density at radius 3 is 2.68 bits per heavy atom. The van der Waals surface area contributed by atoms with Crippen molar-refractivity contribution >= 4 is 11.6 Å². The number of hydrogen-bond donors (Lipinski definition) is 1. The van der Waals surface area contributed by atoms with Gasteiger partial charge < -0.3 is 15.0 Å². The number of rotatable bonds is 4. The Kier molecular flexibility index (Phi) is 5.27. The SMILES string of the molecule is O=C(NCC1CCCO1)c1ccc(N2CCCCCC2)cn1. The molecule has 0 radical (unpaired) electrons. The van der Waals surface area contributed by atoms with Crippen LogP contribution in [0.4, 0.5) is 5.69 Å². The van der Waals surface area contributed by atoms with Gasteiger partial charge in [0.05, 0.1) is 18.0 Å². The van der Waals surface area contributed by atoms with Crippen LogP contribution in [-0.2, 0) is 4.74 Å². The van der Waals surface area contributed by atoms with Gasteiger partial charge in [-0.15, -0.1) is 0 Å². The molecular weight excluding hydrogens is 278 g/mol. The first-order chi connectivity index (χ1) is 10.8. The van der Waals surface area contributed by atoms with Crippen LogP contribution in [0.15, 0.2) is 18.3 Å². The second-order valence-corrected chi connectivity index (χ2v) is 6.15. The lowest BCUT2D eigenvalue weighted by atomic mass is 10.2. The molecule has 2 saturated heterocycles. The molecule has 1 N–H and O–H groups in total. The maximum Gasteiger partial charge on any atom is 0.269 e. The number of carbonyl (C=O) groups excluding carboxylic acids is 1. The molecule has 5 heteroatoms. The zero-order chi connectivity index (χ0) is 15.2. The van der Waals surface area contributed by atoms with Gasteiger partial charge in [-0.1, -0.05) is 12.8 Å². The van der Waals surface area contributed by atoms with Gasteiger partial charge >= 0.3 is 0 Å². The number of ether oxygens (including phenoxy) is 1. The summed E-state index contributed by atoms with van der Waals surface area (Å²) in [7, 11) is 0. The highest BCUT2D eigenvalue weighted by Crippen LogP contribution is 2.18. The Bertz CT molecular complexity index is 475. The molecule has 2 aliphatic heterocycles. The smallest absolute Gasteiger partial charge is 0.269 e. The van der Waals surface area contributed by atoms with Crippen LogP contribution in [0.2, 0.25) is 0 Å². The molecule has 2 aliphatic rings. The fraction of sp³-hybridized carbons (Fsp3) is 0.647. The lowest BCUT2D eigenvalue weighted by Crippen LogP contribution is -2.32. The van der Waals surface area contributed by atoms with E-state index in [2.05, 4.69) is 15.2 Å². The topological polar surface area (TPSA) is 54.5 Å². The summed E-state index contributed by atoms with van der Waals surface area (Å²) in [6, 6.07) is 3.84. The number of hydrogen-bond acceptors (Lipinski definition) is 4. The van der Waals surface area contributed by atoms with Crippen LogP contribution in [0.5, 0.6) is 0 Å². The van der Waals surface area contributed by atoms with E-state index in [4.69, 9.17) is 4.74 Å². The Labute approximate surface area is 132 Å². The van der Waals surface area contributed by atoms with Crippen molar-refractivity contribution in [1.82, 2.24) is 10.3 Å². The molecule has 120 valence electrons. The van der Waals surface area contributed by atoms with Crippen molar-refractivity contribution in [3.8, 4) is 0 Å². The molecule has 0 aliphatic carbocycles. The monoisotopic (exact) mass is 303 g/mol. The van der Waals surface area contributed by atoms with Crippen LogP contribution < -0.4 is 10.2 Å².